The highest BCUT2D eigenvalue weighted by Gasteiger charge is 2.33. The summed E-state index contributed by atoms with van der Waals surface area (Å²) in [7, 11) is 0. The van der Waals surface area contributed by atoms with Crippen LogP contribution in [0.2, 0.25) is 0 Å². The average Bonchev–Trinajstić information content (AvgIpc) is 2.78. The molecule has 2 aromatic heterocycles. The Labute approximate surface area is 116 Å². The number of hydrogen-bond donors (Lipinski definition) is 0. The Morgan fingerprint density at radius 1 is 0.812 bits per heavy atom. The van der Waals surface area contributed by atoms with E-state index in [9.17, 15) is 9.59 Å². The molecule has 0 atom stereocenters. The maximum atomic E-state index is 12.1. The van der Waals surface area contributed by atoms with Crippen molar-refractivity contribution in [1.29, 1.82) is 0 Å². The molecule has 6 heteroatoms. The quantitative estimate of drug-likeness (QED) is 0.590. The van der Waals surface area contributed by atoms with E-state index in [1.165, 1.54) is 22.7 Å². The fraction of sp³-hybridized carbons (Fsp3) is 0. The van der Waals surface area contributed by atoms with E-state index in [0.29, 0.717) is 20.9 Å². The second-order valence-electron chi connectivity index (χ2n) is 3.24. The molecular formula is C10H2Br2O2S2. The van der Waals surface area contributed by atoms with Crippen molar-refractivity contribution in [2.24, 2.45) is 0 Å². The second-order valence-corrected chi connectivity index (χ2v) is 8.11. The standard InChI is InChI=1S/C10H2Br2O2S2/c11-5-1-3-7(13)10-4(2-6(12)16-10)8(14)9(3)15-5/h1-2H. The van der Waals surface area contributed by atoms with Crippen molar-refractivity contribution in [1.82, 2.24) is 0 Å². The van der Waals surface area contributed by atoms with Crippen LogP contribution in [-0.2, 0) is 0 Å². The first-order chi connectivity index (χ1) is 7.58. The van der Waals surface area contributed by atoms with Crippen molar-refractivity contribution in [2.75, 3.05) is 0 Å². The zero-order valence-corrected chi connectivity index (χ0v) is 12.3. The summed E-state index contributed by atoms with van der Waals surface area (Å²) in [6, 6.07) is 3.44. The summed E-state index contributed by atoms with van der Waals surface area (Å²) in [5.74, 6) is -0.107. The third-order valence-electron chi connectivity index (χ3n) is 2.31. The monoisotopic (exact) mass is 376 g/mol. The van der Waals surface area contributed by atoms with Crippen molar-refractivity contribution in [2.45, 2.75) is 0 Å². The van der Waals surface area contributed by atoms with E-state index in [1.807, 2.05) is 0 Å². The summed E-state index contributed by atoms with van der Waals surface area (Å²) in [5, 5.41) is 0. The zero-order valence-electron chi connectivity index (χ0n) is 7.54. The van der Waals surface area contributed by atoms with E-state index >= 15 is 0 Å². The number of thiophene rings is 2. The summed E-state index contributed by atoms with van der Waals surface area (Å²) >= 11 is 9.23. The van der Waals surface area contributed by atoms with Crippen LogP contribution in [0.25, 0.3) is 0 Å². The van der Waals surface area contributed by atoms with E-state index in [-0.39, 0.29) is 11.6 Å². The molecule has 0 aromatic carbocycles. The molecule has 0 unspecified atom stereocenters. The summed E-state index contributed by atoms with van der Waals surface area (Å²) in [6.07, 6.45) is 0. The maximum absolute atomic E-state index is 12.1. The predicted molar refractivity (Wildman–Crippen MR) is 70.9 cm³/mol. The molecule has 0 bridgehead atoms. The molecular weight excluding hydrogens is 376 g/mol. The summed E-state index contributed by atoms with van der Waals surface area (Å²) in [5.41, 5.74) is 1.03. The molecule has 3 rings (SSSR count). The molecule has 16 heavy (non-hydrogen) atoms. The molecule has 0 spiro atoms. The van der Waals surface area contributed by atoms with E-state index in [1.54, 1.807) is 12.1 Å². The normalized spacial score (nSPS) is 13.9. The molecule has 0 fully saturated rings. The van der Waals surface area contributed by atoms with Gasteiger partial charge in [0.05, 0.1) is 17.3 Å². The van der Waals surface area contributed by atoms with Gasteiger partial charge >= 0.3 is 0 Å². The van der Waals surface area contributed by atoms with Gasteiger partial charge in [-0.05, 0) is 44.0 Å². The van der Waals surface area contributed by atoms with Crippen LogP contribution >= 0.6 is 54.5 Å². The highest BCUT2D eigenvalue weighted by Crippen LogP contribution is 2.39. The first-order valence-electron chi connectivity index (χ1n) is 4.26. The molecule has 0 amide bonds. The second kappa shape index (κ2) is 3.60. The predicted octanol–water partition coefficient (Wildman–Crippen LogP) is 4.11. The molecule has 2 aromatic rings. The largest absolute Gasteiger partial charge is 0.288 e. The third-order valence-corrected chi connectivity index (χ3v) is 5.58. The number of ketones is 2. The SMILES string of the molecule is O=C1c2cc(Br)sc2C(=O)c2cc(Br)sc21. The lowest BCUT2D eigenvalue weighted by atomic mass is 9.96. The first kappa shape index (κ1) is 10.8. The lowest BCUT2D eigenvalue weighted by Gasteiger charge is -2.08. The third kappa shape index (κ3) is 1.40. The van der Waals surface area contributed by atoms with Crippen LogP contribution in [0.1, 0.15) is 30.5 Å². The number of halogens is 2. The van der Waals surface area contributed by atoms with Gasteiger partial charge < -0.3 is 0 Å². The number of carbonyl (C=O) groups is 2. The van der Waals surface area contributed by atoms with Gasteiger partial charge in [-0.2, -0.15) is 0 Å². The van der Waals surface area contributed by atoms with E-state index in [2.05, 4.69) is 31.9 Å². The molecule has 2 nitrogen and oxygen atoms in total. The van der Waals surface area contributed by atoms with Gasteiger partial charge in [-0.1, -0.05) is 0 Å². The Kier molecular flexibility index (Phi) is 2.43. The highest BCUT2D eigenvalue weighted by molar-refractivity contribution is 9.11. The highest BCUT2D eigenvalue weighted by atomic mass is 79.9. The molecule has 0 saturated carbocycles. The topological polar surface area (TPSA) is 34.1 Å². The van der Waals surface area contributed by atoms with Gasteiger partial charge in [-0.15, -0.1) is 22.7 Å². The lowest BCUT2D eigenvalue weighted by molar-refractivity contribution is 0.0986. The van der Waals surface area contributed by atoms with Gasteiger partial charge in [-0.25, -0.2) is 0 Å². The van der Waals surface area contributed by atoms with E-state index in [4.69, 9.17) is 0 Å². The Balaban J connectivity index is 2.32. The Morgan fingerprint density at radius 2 is 1.19 bits per heavy atom. The maximum Gasteiger partial charge on any atom is 0.205 e. The van der Waals surface area contributed by atoms with Crippen LogP contribution < -0.4 is 0 Å². The van der Waals surface area contributed by atoms with E-state index in [0.717, 1.165) is 7.57 Å². The van der Waals surface area contributed by atoms with Crippen molar-refractivity contribution >= 4 is 66.1 Å². The van der Waals surface area contributed by atoms with Crippen molar-refractivity contribution in [3.63, 3.8) is 0 Å². The van der Waals surface area contributed by atoms with Gasteiger partial charge in [0.15, 0.2) is 0 Å². The summed E-state index contributed by atoms with van der Waals surface area (Å²) < 4.78 is 1.63. The number of hydrogen-bond acceptors (Lipinski definition) is 4. The molecule has 0 aliphatic heterocycles. The zero-order chi connectivity index (χ0) is 11.4. The molecule has 1 aliphatic carbocycles. The van der Waals surface area contributed by atoms with E-state index < -0.39 is 0 Å². The lowest BCUT2D eigenvalue weighted by Crippen LogP contribution is -2.15. The van der Waals surface area contributed by atoms with Crippen LogP contribution in [0.3, 0.4) is 0 Å². The van der Waals surface area contributed by atoms with Crippen LogP contribution in [0.15, 0.2) is 19.7 Å². The summed E-state index contributed by atoms with van der Waals surface area (Å²) in [4.78, 5) is 25.3. The van der Waals surface area contributed by atoms with Crippen molar-refractivity contribution in [3.05, 3.63) is 40.6 Å². The fourth-order valence-electron chi connectivity index (χ4n) is 1.64. The molecule has 2 heterocycles. The van der Waals surface area contributed by atoms with Crippen LogP contribution in [0.5, 0.6) is 0 Å². The van der Waals surface area contributed by atoms with Gasteiger partial charge in [0.1, 0.15) is 0 Å². The Bertz CT molecular complexity index is 536. The number of carbonyl (C=O) groups excluding carboxylic acids is 2. The minimum Gasteiger partial charge on any atom is -0.288 e. The Morgan fingerprint density at radius 3 is 1.56 bits per heavy atom. The Hall–Kier alpha value is -0.300. The average molecular weight is 378 g/mol. The molecule has 1 aliphatic rings. The minimum atomic E-state index is -0.0535. The number of fused-ring (bicyclic) bond motifs is 2. The molecule has 0 radical (unpaired) electrons. The van der Waals surface area contributed by atoms with Crippen LogP contribution in [0.4, 0.5) is 0 Å². The summed E-state index contributed by atoms with van der Waals surface area (Å²) in [6.45, 7) is 0. The fourth-order valence-corrected chi connectivity index (χ4v) is 4.74. The number of rotatable bonds is 0. The van der Waals surface area contributed by atoms with Gasteiger partial charge in [0.25, 0.3) is 0 Å². The molecule has 0 N–H and O–H groups in total. The molecule has 0 saturated heterocycles. The smallest absolute Gasteiger partial charge is 0.205 e. The van der Waals surface area contributed by atoms with Crippen LogP contribution in [0, 0.1) is 0 Å². The van der Waals surface area contributed by atoms with Crippen LogP contribution in [-0.4, -0.2) is 11.6 Å². The molecule has 80 valence electrons. The first-order valence-corrected chi connectivity index (χ1v) is 7.48. The van der Waals surface area contributed by atoms with Gasteiger partial charge in [0.2, 0.25) is 11.6 Å². The van der Waals surface area contributed by atoms with Gasteiger partial charge in [-0.3, -0.25) is 9.59 Å². The van der Waals surface area contributed by atoms with Crippen molar-refractivity contribution in [3.8, 4) is 0 Å². The minimum absolute atomic E-state index is 0.0535. The van der Waals surface area contributed by atoms with Crippen molar-refractivity contribution < 1.29 is 9.59 Å². The van der Waals surface area contributed by atoms with Gasteiger partial charge in [0, 0.05) is 11.1 Å².